The molecule has 1 aromatic carbocycles. The van der Waals surface area contributed by atoms with Gasteiger partial charge in [-0.3, -0.25) is 0 Å². The maximum Gasteiger partial charge on any atom is 0.115 e. The molecule has 0 atom stereocenters. The highest BCUT2D eigenvalue weighted by molar-refractivity contribution is 7.80. The molecule has 1 nitrogen and oxygen atoms in total. The molecular weight excluding hydrogens is 194 g/mol. The van der Waals surface area contributed by atoms with Crippen molar-refractivity contribution in [2.75, 3.05) is 0 Å². The van der Waals surface area contributed by atoms with Crippen LogP contribution in [0, 0.1) is 0 Å². The number of rotatable bonds is 0. The first-order valence-electron chi connectivity index (χ1n) is 2.91. The maximum absolute atomic E-state index is 4.20. The standard InChI is InChI=1S/C7H5NS2.H2S/c9-7-5-3-1-2-4-6(5)10-8-7;/h1-4H,(H,8,9);1H2. The summed E-state index contributed by atoms with van der Waals surface area (Å²) < 4.78 is 5.30. The maximum atomic E-state index is 4.20. The first-order valence-corrected chi connectivity index (χ1v) is 4.13. The first-order chi connectivity index (χ1) is 4.88. The smallest absolute Gasteiger partial charge is 0.115 e. The SMILES string of the molecule is S.Sc1nsc2ccccc12. The summed E-state index contributed by atoms with van der Waals surface area (Å²) in [5.74, 6) is 0. The topological polar surface area (TPSA) is 12.9 Å². The summed E-state index contributed by atoms with van der Waals surface area (Å²) in [6.45, 7) is 0. The molecule has 0 unspecified atom stereocenters. The minimum absolute atomic E-state index is 0. The average molecular weight is 201 g/mol. The fraction of sp³-hybridized carbons (Fsp3) is 0. The largest absolute Gasteiger partial charge is 0.197 e. The van der Waals surface area contributed by atoms with E-state index in [4.69, 9.17) is 0 Å². The van der Waals surface area contributed by atoms with Gasteiger partial charge in [0, 0.05) is 5.39 Å². The zero-order valence-electron chi connectivity index (χ0n) is 5.61. The predicted octanol–water partition coefficient (Wildman–Crippen LogP) is 2.70. The second-order valence-corrected chi connectivity index (χ2v) is 3.23. The van der Waals surface area contributed by atoms with E-state index in [9.17, 15) is 0 Å². The molecule has 2 aromatic rings. The summed E-state index contributed by atoms with van der Waals surface area (Å²) in [5, 5.41) is 1.98. The van der Waals surface area contributed by atoms with E-state index in [1.165, 1.54) is 16.2 Å². The Balaban J connectivity index is 0.000000605. The van der Waals surface area contributed by atoms with Crippen LogP contribution in [0.2, 0.25) is 0 Å². The number of fused-ring (bicyclic) bond motifs is 1. The highest BCUT2D eigenvalue weighted by atomic mass is 32.1. The lowest BCUT2D eigenvalue weighted by molar-refractivity contribution is 1.34. The monoisotopic (exact) mass is 201 g/mol. The molecule has 0 bridgehead atoms. The van der Waals surface area contributed by atoms with Crippen LogP contribution in [0.3, 0.4) is 0 Å². The lowest BCUT2D eigenvalue weighted by Gasteiger charge is -1.83. The van der Waals surface area contributed by atoms with Gasteiger partial charge in [-0.05, 0) is 17.6 Å². The van der Waals surface area contributed by atoms with Crippen LogP contribution in [0.4, 0.5) is 0 Å². The Morgan fingerprint density at radius 3 is 2.73 bits per heavy atom. The second-order valence-electron chi connectivity index (χ2n) is 2.00. The van der Waals surface area contributed by atoms with Crippen LogP contribution in [0.5, 0.6) is 0 Å². The Morgan fingerprint density at radius 2 is 2.00 bits per heavy atom. The quantitative estimate of drug-likeness (QED) is 0.647. The van der Waals surface area contributed by atoms with Crippen LogP contribution in [0.25, 0.3) is 10.1 Å². The Kier molecular flexibility index (Phi) is 2.81. The van der Waals surface area contributed by atoms with Crippen LogP contribution >= 0.6 is 37.7 Å². The Morgan fingerprint density at radius 1 is 1.27 bits per heavy atom. The van der Waals surface area contributed by atoms with Gasteiger partial charge in [-0.15, -0.1) is 12.6 Å². The molecule has 0 N–H and O–H groups in total. The van der Waals surface area contributed by atoms with Gasteiger partial charge in [0.15, 0.2) is 0 Å². The van der Waals surface area contributed by atoms with Gasteiger partial charge in [0.05, 0.1) is 4.70 Å². The van der Waals surface area contributed by atoms with E-state index in [1.807, 2.05) is 24.3 Å². The minimum atomic E-state index is 0. The van der Waals surface area contributed by atoms with Gasteiger partial charge in [0.2, 0.25) is 0 Å². The van der Waals surface area contributed by atoms with Gasteiger partial charge in [0.1, 0.15) is 5.03 Å². The van der Waals surface area contributed by atoms with Gasteiger partial charge in [-0.2, -0.15) is 17.9 Å². The fourth-order valence-electron chi connectivity index (χ4n) is 0.873. The number of benzene rings is 1. The summed E-state index contributed by atoms with van der Waals surface area (Å²) in [4.78, 5) is 0. The number of aromatic nitrogens is 1. The summed E-state index contributed by atoms with van der Waals surface area (Å²) in [7, 11) is 0. The molecule has 0 amide bonds. The summed E-state index contributed by atoms with van der Waals surface area (Å²) in [6.07, 6.45) is 0. The number of hydrogen-bond donors (Lipinski definition) is 1. The molecule has 0 radical (unpaired) electrons. The summed E-state index contributed by atoms with van der Waals surface area (Å²) in [5.41, 5.74) is 0. The van der Waals surface area contributed by atoms with Crippen molar-refractivity contribution in [3.05, 3.63) is 24.3 Å². The Hall–Kier alpha value is -0.190. The van der Waals surface area contributed by atoms with Crippen molar-refractivity contribution in [2.45, 2.75) is 5.03 Å². The third-order valence-electron chi connectivity index (χ3n) is 1.36. The minimum Gasteiger partial charge on any atom is -0.197 e. The van der Waals surface area contributed by atoms with Gasteiger partial charge in [-0.1, -0.05) is 18.2 Å². The van der Waals surface area contributed by atoms with Crippen LogP contribution in [0.15, 0.2) is 29.3 Å². The van der Waals surface area contributed by atoms with E-state index in [0.717, 1.165) is 10.4 Å². The van der Waals surface area contributed by atoms with Crippen molar-refractivity contribution < 1.29 is 0 Å². The van der Waals surface area contributed by atoms with Crippen LogP contribution in [0.1, 0.15) is 0 Å². The average Bonchev–Trinajstić information content (AvgIpc) is 2.34. The molecule has 1 heterocycles. The van der Waals surface area contributed by atoms with E-state index in [1.54, 1.807) is 0 Å². The first kappa shape index (κ1) is 8.90. The zero-order chi connectivity index (χ0) is 6.97. The lowest BCUT2D eigenvalue weighted by atomic mass is 10.3. The summed E-state index contributed by atoms with van der Waals surface area (Å²) >= 11 is 5.69. The van der Waals surface area contributed by atoms with E-state index in [2.05, 4.69) is 17.0 Å². The molecule has 0 saturated heterocycles. The van der Waals surface area contributed by atoms with Crippen molar-refractivity contribution in [3.63, 3.8) is 0 Å². The van der Waals surface area contributed by atoms with E-state index in [0.29, 0.717) is 0 Å². The molecular formula is C7H7NS3. The predicted molar refractivity (Wildman–Crippen MR) is 57.3 cm³/mol. The molecule has 0 fully saturated rings. The molecule has 0 aliphatic heterocycles. The van der Waals surface area contributed by atoms with Crippen molar-refractivity contribution in [3.8, 4) is 0 Å². The van der Waals surface area contributed by atoms with E-state index < -0.39 is 0 Å². The highest BCUT2D eigenvalue weighted by Crippen LogP contribution is 2.23. The molecule has 11 heavy (non-hydrogen) atoms. The fourth-order valence-corrected chi connectivity index (χ4v) is 1.95. The van der Waals surface area contributed by atoms with Crippen LogP contribution < -0.4 is 0 Å². The van der Waals surface area contributed by atoms with Crippen molar-refractivity contribution in [1.29, 1.82) is 0 Å². The molecule has 58 valence electrons. The Bertz CT molecular complexity index is 355. The molecule has 4 heteroatoms. The molecule has 2 rings (SSSR count). The van der Waals surface area contributed by atoms with Crippen LogP contribution in [-0.4, -0.2) is 4.37 Å². The molecule has 1 aromatic heterocycles. The zero-order valence-corrected chi connectivity index (χ0v) is 8.32. The normalized spacial score (nSPS) is 9.55. The second kappa shape index (κ2) is 3.47. The van der Waals surface area contributed by atoms with Gasteiger partial charge in [-0.25, -0.2) is 0 Å². The summed E-state index contributed by atoms with van der Waals surface area (Å²) in [6, 6.07) is 8.08. The number of nitrogens with zero attached hydrogens (tertiary/aromatic N) is 1. The van der Waals surface area contributed by atoms with Gasteiger partial charge < -0.3 is 0 Å². The van der Waals surface area contributed by atoms with Crippen LogP contribution in [-0.2, 0) is 0 Å². The molecule has 0 aliphatic carbocycles. The molecule has 0 spiro atoms. The Labute approximate surface area is 81.5 Å². The van der Waals surface area contributed by atoms with Gasteiger partial charge in [0.25, 0.3) is 0 Å². The van der Waals surface area contributed by atoms with Crippen molar-refractivity contribution >= 4 is 47.7 Å². The molecule has 0 aliphatic rings. The molecule has 0 saturated carbocycles. The van der Waals surface area contributed by atoms with Crippen molar-refractivity contribution in [2.24, 2.45) is 0 Å². The lowest BCUT2D eigenvalue weighted by Crippen LogP contribution is -1.61. The van der Waals surface area contributed by atoms with E-state index >= 15 is 0 Å². The van der Waals surface area contributed by atoms with E-state index in [-0.39, 0.29) is 13.5 Å². The van der Waals surface area contributed by atoms with Gasteiger partial charge >= 0.3 is 0 Å². The number of hydrogen-bond acceptors (Lipinski definition) is 3. The highest BCUT2D eigenvalue weighted by Gasteiger charge is 1.98. The number of thiol groups is 1. The third-order valence-corrected chi connectivity index (χ3v) is 2.66. The van der Waals surface area contributed by atoms with Crippen molar-refractivity contribution in [1.82, 2.24) is 4.37 Å². The third kappa shape index (κ3) is 1.52.